The number of hydrogen-bond donors (Lipinski definition) is 3. The summed E-state index contributed by atoms with van der Waals surface area (Å²) < 4.78 is 13.0. The first-order valence-corrected chi connectivity index (χ1v) is 8.93. The van der Waals surface area contributed by atoms with E-state index in [1.165, 1.54) is 12.1 Å². The minimum Gasteiger partial charge on any atom is -0.341 e. The van der Waals surface area contributed by atoms with E-state index in [0.29, 0.717) is 12.3 Å². The van der Waals surface area contributed by atoms with Gasteiger partial charge in [-0.3, -0.25) is 4.79 Å². The van der Waals surface area contributed by atoms with Crippen LogP contribution in [0.3, 0.4) is 0 Å². The molecule has 0 spiro atoms. The van der Waals surface area contributed by atoms with Gasteiger partial charge in [0.1, 0.15) is 11.9 Å². The first kappa shape index (κ1) is 20.1. The lowest BCUT2D eigenvalue weighted by Crippen LogP contribution is -2.49. The van der Waals surface area contributed by atoms with Crippen molar-refractivity contribution in [1.29, 1.82) is 0 Å². The Balaban J connectivity index is 0.00000225. The lowest BCUT2D eigenvalue weighted by molar-refractivity contribution is -0.134. The Morgan fingerprint density at radius 2 is 1.92 bits per heavy atom. The molecule has 0 radical (unpaired) electrons. The highest BCUT2D eigenvalue weighted by Gasteiger charge is 2.34. The largest absolute Gasteiger partial charge is 0.341 e. The molecule has 0 aromatic heterocycles. The predicted octanol–water partition coefficient (Wildman–Crippen LogP) is 2.00. The molecule has 5 nitrogen and oxygen atoms in total. The maximum Gasteiger partial charge on any atom is 0.241 e. The summed E-state index contributed by atoms with van der Waals surface area (Å²) in [7, 11) is 0. The van der Waals surface area contributed by atoms with E-state index in [1.807, 2.05) is 4.90 Å². The number of likely N-dealkylation sites (tertiary alicyclic amines) is 1. The molecule has 1 amide bonds. The second kappa shape index (κ2) is 9.48. The molecule has 2 aliphatic heterocycles. The molecule has 2 aliphatic rings. The zero-order valence-corrected chi connectivity index (χ0v) is 15.4. The van der Waals surface area contributed by atoms with Crippen molar-refractivity contribution in [3.63, 3.8) is 0 Å². The number of rotatable bonds is 5. The summed E-state index contributed by atoms with van der Waals surface area (Å²) in [5.41, 5.74) is 7.29. The molecule has 0 saturated carbocycles. The van der Waals surface area contributed by atoms with Crippen molar-refractivity contribution in [3.8, 4) is 0 Å². The molecule has 140 valence electrons. The third-order valence-corrected chi connectivity index (χ3v) is 5.08. The van der Waals surface area contributed by atoms with Crippen LogP contribution in [0.1, 0.15) is 37.8 Å². The summed E-state index contributed by atoms with van der Waals surface area (Å²) in [6.45, 7) is 5.85. The van der Waals surface area contributed by atoms with Gasteiger partial charge in [-0.2, -0.15) is 0 Å². The number of hydrazine groups is 1. The van der Waals surface area contributed by atoms with E-state index in [4.69, 9.17) is 0 Å². The van der Waals surface area contributed by atoms with Crippen LogP contribution in [0, 0.1) is 11.7 Å². The van der Waals surface area contributed by atoms with E-state index in [9.17, 15) is 9.18 Å². The number of carbonyl (C=O) groups is 1. The van der Waals surface area contributed by atoms with Gasteiger partial charge in [0.25, 0.3) is 0 Å². The van der Waals surface area contributed by atoms with Crippen molar-refractivity contribution >= 4 is 18.3 Å². The van der Waals surface area contributed by atoms with E-state index < -0.39 is 0 Å². The van der Waals surface area contributed by atoms with Crippen LogP contribution in [-0.2, 0) is 4.79 Å². The lowest BCUT2D eigenvalue weighted by Gasteiger charge is -2.33. The average Bonchev–Trinajstić information content (AvgIpc) is 3.10. The van der Waals surface area contributed by atoms with Gasteiger partial charge in [-0.1, -0.05) is 19.1 Å². The summed E-state index contributed by atoms with van der Waals surface area (Å²) in [5, 5.41) is 3.39. The third-order valence-electron chi connectivity index (χ3n) is 5.08. The number of halogens is 2. The zero-order chi connectivity index (χ0) is 16.9. The summed E-state index contributed by atoms with van der Waals surface area (Å²) >= 11 is 0. The molecule has 3 N–H and O–H groups in total. The van der Waals surface area contributed by atoms with Crippen LogP contribution in [0.5, 0.6) is 0 Å². The topological polar surface area (TPSA) is 56.4 Å². The molecule has 25 heavy (non-hydrogen) atoms. The molecule has 1 aromatic carbocycles. The third kappa shape index (κ3) is 5.14. The maximum atomic E-state index is 13.0. The molecule has 2 saturated heterocycles. The summed E-state index contributed by atoms with van der Waals surface area (Å²) in [4.78, 5) is 14.7. The van der Waals surface area contributed by atoms with Crippen molar-refractivity contribution in [3.05, 3.63) is 35.6 Å². The van der Waals surface area contributed by atoms with Crippen LogP contribution in [0.4, 0.5) is 4.39 Å². The Bertz CT molecular complexity index is 549. The summed E-state index contributed by atoms with van der Waals surface area (Å²) in [6.07, 6.45) is 2.84. The van der Waals surface area contributed by atoms with E-state index in [0.717, 1.165) is 44.6 Å². The fourth-order valence-corrected chi connectivity index (χ4v) is 3.56. The van der Waals surface area contributed by atoms with Crippen molar-refractivity contribution in [1.82, 2.24) is 21.1 Å². The van der Waals surface area contributed by atoms with Gasteiger partial charge >= 0.3 is 0 Å². The van der Waals surface area contributed by atoms with Gasteiger partial charge in [0, 0.05) is 19.1 Å². The minimum atomic E-state index is -0.238. The van der Waals surface area contributed by atoms with Crippen molar-refractivity contribution in [2.45, 2.75) is 38.3 Å². The smallest absolute Gasteiger partial charge is 0.241 e. The lowest BCUT2D eigenvalue weighted by atomic mass is 9.95. The monoisotopic (exact) mass is 370 g/mol. The van der Waals surface area contributed by atoms with Crippen molar-refractivity contribution in [2.24, 2.45) is 5.92 Å². The molecule has 2 fully saturated rings. The van der Waals surface area contributed by atoms with Crippen LogP contribution in [-0.4, -0.2) is 43.0 Å². The number of carbonyl (C=O) groups excluding carboxylic acids is 1. The van der Waals surface area contributed by atoms with E-state index in [1.54, 1.807) is 12.1 Å². The molecule has 2 heterocycles. The van der Waals surface area contributed by atoms with Gasteiger partial charge in [0.15, 0.2) is 0 Å². The average molecular weight is 371 g/mol. The number of hydrogen-bond acceptors (Lipinski definition) is 4. The Hall–Kier alpha value is -1.21. The van der Waals surface area contributed by atoms with Crippen molar-refractivity contribution < 1.29 is 9.18 Å². The highest BCUT2D eigenvalue weighted by atomic mass is 35.5. The molecule has 2 atom stereocenters. The van der Waals surface area contributed by atoms with Gasteiger partial charge in [-0.05, 0) is 56.0 Å². The Morgan fingerprint density at radius 3 is 2.56 bits per heavy atom. The summed E-state index contributed by atoms with van der Waals surface area (Å²) in [5.74, 6) is 0.613. The molecule has 3 rings (SSSR count). The van der Waals surface area contributed by atoms with Crippen molar-refractivity contribution in [2.75, 3.05) is 26.2 Å². The predicted molar refractivity (Wildman–Crippen MR) is 98.9 cm³/mol. The maximum absolute atomic E-state index is 13.0. The van der Waals surface area contributed by atoms with Gasteiger partial charge < -0.3 is 10.2 Å². The standard InChI is InChI=1S/C18H27FN4O.ClH/c1-2-20-12-13-7-9-23(10-8-13)18(24)17-11-16(21-22-17)14-3-5-15(19)6-4-14;/h3-6,13,16-17,20-22H,2,7-12H2,1H3;1H. The first-order valence-electron chi connectivity index (χ1n) is 8.93. The highest BCUT2D eigenvalue weighted by Crippen LogP contribution is 2.25. The Kier molecular flexibility index (Phi) is 7.62. The molecule has 0 aliphatic carbocycles. The van der Waals surface area contributed by atoms with Crippen LogP contribution < -0.4 is 16.2 Å². The van der Waals surface area contributed by atoms with Gasteiger partial charge in [0.05, 0.1) is 0 Å². The number of nitrogens with zero attached hydrogens (tertiary/aromatic N) is 1. The van der Waals surface area contributed by atoms with E-state index in [2.05, 4.69) is 23.1 Å². The van der Waals surface area contributed by atoms with Gasteiger partial charge in [-0.15, -0.1) is 12.4 Å². The van der Waals surface area contributed by atoms with E-state index >= 15 is 0 Å². The molecule has 1 aromatic rings. The number of nitrogens with one attached hydrogen (secondary N) is 3. The number of piperidine rings is 1. The fourth-order valence-electron chi connectivity index (χ4n) is 3.56. The second-order valence-electron chi connectivity index (χ2n) is 6.76. The van der Waals surface area contributed by atoms with Gasteiger partial charge in [-0.25, -0.2) is 15.2 Å². The quantitative estimate of drug-likeness (QED) is 0.742. The zero-order valence-electron chi connectivity index (χ0n) is 14.6. The van der Waals surface area contributed by atoms with E-state index in [-0.39, 0.29) is 36.2 Å². The number of benzene rings is 1. The van der Waals surface area contributed by atoms with Crippen LogP contribution in [0.15, 0.2) is 24.3 Å². The second-order valence-corrected chi connectivity index (χ2v) is 6.76. The highest BCUT2D eigenvalue weighted by molar-refractivity contribution is 5.85. The first-order chi connectivity index (χ1) is 11.7. The van der Waals surface area contributed by atoms with Crippen LogP contribution in [0.2, 0.25) is 0 Å². The van der Waals surface area contributed by atoms with Crippen LogP contribution >= 0.6 is 12.4 Å². The normalized spacial score (nSPS) is 24.2. The molecule has 2 unspecified atom stereocenters. The molecular formula is C18H28ClFN4O. The SMILES string of the molecule is CCNCC1CCN(C(=O)C2CC(c3ccc(F)cc3)NN2)CC1.Cl. The molecular weight excluding hydrogens is 343 g/mol. The Labute approximate surface area is 155 Å². The minimum absolute atomic E-state index is 0. The fraction of sp³-hybridized carbons (Fsp3) is 0.611. The molecule has 7 heteroatoms. The summed E-state index contributed by atoms with van der Waals surface area (Å²) in [6, 6.07) is 6.31. The van der Waals surface area contributed by atoms with Crippen LogP contribution in [0.25, 0.3) is 0 Å². The number of amides is 1. The molecule has 0 bridgehead atoms. The Morgan fingerprint density at radius 1 is 1.24 bits per heavy atom. The van der Waals surface area contributed by atoms with Gasteiger partial charge in [0.2, 0.25) is 5.91 Å².